The molecule has 0 aromatic heterocycles. The Hall–Kier alpha value is -1.09. The van der Waals surface area contributed by atoms with E-state index in [-0.39, 0.29) is 12.6 Å². The van der Waals surface area contributed by atoms with Crippen molar-refractivity contribution in [1.29, 1.82) is 0 Å². The third-order valence-corrected chi connectivity index (χ3v) is 2.41. The maximum atomic E-state index is 13.2. The van der Waals surface area contributed by atoms with Crippen LogP contribution in [0.3, 0.4) is 0 Å². The summed E-state index contributed by atoms with van der Waals surface area (Å²) in [5, 5.41) is 3.12. The number of alkyl halides is 1. The summed E-state index contributed by atoms with van der Waals surface area (Å²) >= 11 is 0. The van der Waals surface area contributed by atoms with E-state index in [1.165, 1.54) is 5.56 Å². The molecule has 76 valence electrons. The van der Waals surface area contributed by atoms with Gasteiger partial charge >= 0.3 is 0 Å². The van der Waals surface area contributed by atoms with Crippen LogP contribution in [0.15, 0.2) is 24.3 Å². The van der Waals surface area contributed by atoms with Gasteiger partial charge in [-0.05, 0) is 19.1 Å². The van der Waals surface area contributed by atoms with E-state index in [2.05, 4.69) is 5.32 Å². The fourth-order valence-corrected chi connectivity index (χ4v) is 1.52. The molecule has 1 aromatic rings. The molecule has 1 N–H and O–H groups in total. The van der Waals surface area contributed by atoms with Crippen molar-refractivity contribution in [2.45, 2.75) is 19.1 Å². The fraction of sp³-hybridized carbons (Fsp3) is 0.455. The van der Waals surface area contributed by atoms with Crippen LogP contribution in [0.25, 0.3) is 0 Å². The molecule has 0 radical (unpaired) electrons. The highest BCUT2D eigenvalue weighted by Gasteiger charge is 2.27. The molecule has 0 bridgehead atoms. The molecule has 2 nitrogen and oxygen atoms in total. The summed E-state index contributed by atoms with van der Waals surface area (Å²) in [7, 11) is 0. The first kappa shape index (κ1) is 9.46. The molecule has 0 spiro atoms. The van der Waals surface area contributed by atoms with E-state index in [1.807, 2.05) is 31.2 Å². The van der Waals surface area contributed by atoms with E-state index in [9.17, 15) is 4.39 Å². The Morgan fingerprint density at radius 1 is 1.29 bits per heavy atom. The van der Waals surface area contributed by atoms with E-state index in [4.69, 9.17) is 4.74 Å². The Morgan fingerprint density at radius 3 is 2.57 bits per heavy atom. The van der Waals surface area contributed by atoms with E-state index < -0.39 is 6.17 Å². The van der Waals surface area contributed by atoms with Crippen LogP contribution in [0.4, 0.5) is 10.1 Å². The smallest absolute Gasteiger partial charge is 0.146 e. The number of halogens is 1. The van der Waals surface area contributed by atoms with Gasteiger partial charge in [-0.25, -0.2) is 4.39 Å². The summed E-state index contributed by atoms with van der Waals surface area (Å²) in [6.45, 7) is 2.69. The number of anilines is 1. The highest BCUT2D eigenvalue weighted by atomic mass is 19.1. The number of benzene rings is 1. The average Bonchev–Trinajstić information content (AvgIpc) is 2.56. The Balaban J connectivity index is 2.00. The second-order valence-corrected chi connectivity index (χ2v) is 3.67. The van der Waals surface area contributed by atoms with Crippen molar-refractivity contribution in [2.24, 2.45) is 0 Å². The van der Waals surface area contributed by atoms with Gasteiger partial charge in [0.2, 0.25) is 0 Å². The molecule has 1 fully saturated rings. The SMILES string of the molecule is Cc1ccc(N[C@@H]2COC[C@H]2F)cc1. The minimum atomic E-state index is -0.892. The maximum Gasteiger partial charge on any atom is 0.146 e. The zero-order valence-electron chi connectivity index (χ0n) is 8.16. The van der Waals surface area contributed by atoms with Crippen LogP contribution in [-0.4, -0.2) is 25.4 Å². The molecule has 1 aromatic carbocycles. The van der Waals surface area contributed by atoms with Crippen molar-refractivity contribution in [3.8, 4) is 0 Å². The predicted molar refractivity (Wildman–Crippen MR) is 54.3 cm³/mol. The van der Waals surface area contributed by atoms with E-state index >= 15 is 0 Å². The molecule has 1 aliphatic rings. The monoisotopic (exact) mass is 195 g/mol. The quantitative estimate of drug-likeness (QED) is 0.780. The Morgan fingerprint density at radius 2 is 2.00 bits per heavy atom. The summed E-state index contributed by atoms with van der Waals surface area (Å²) < 4.78 is 18.2. The summed E-state index contributed by atoms with van der Waals surface area (Å²) in [6.07, 6.45) is -0.892. The van der Waals surface area contributed by atoms with Gasteiger partial charge in [0, 0.05) is 5.69 Å². The van der Waals surface area contributed by atoms with Crippen LogP contribution in [-0.2, 0) is 4.74 Å². The third kappa shape index (κ3) is 2.04. The van der Waals surface area contributed by atoms with Crippen molar-refractivity contribution < 1.29 is 9.13 Å². The maximum absolute atomic E-state index is 13.2. The normalized spacial score (nSPS) is 26.4. The molecule has 1 heterocycles. The Labute approximate surface area is 83.1 Å². The Kier molecular flexibility index (Phi) is 2.68. The summed E-state index contributed by atoms with van der Waals surface area (Å²) in [5.74, 6) is 0. The van der Waals surface area contributed by atoms with Gasteiger partial charge in [-0.3, -0.25) is 0 Å². The average molecular weight is 195 g/mol. The second kappa shape index (κ2) is 3.96. The largest absolute Gasteiger partial charge is 0.377 e. The molecule has 2 rings (SSSR count). The van der Waals surface area contributed by atoms with Crippen molar-refractivity contribution >= 4 is 5.69 Å². The molecule has 0 aliphatic carbocycles. The van der Waals surface area contributed by atoms with Gasteiger partial charge in [-0.15, -0.1) is 0 Å². The van der Waals surface area contributed by atoms with Crippen LogP contribution in [0.1, 0.15) is 5.56 Å². The number of hydrogen-bond donors (Lipinski definition) is 1. The van der Waals surface area contributed by atoms with E-state index in [0.29, 0.717) is 6.61 Å². The lowest BCUT2D eigenvalue weighted by atomic mass is 10.2. The lowest BCUT2D eigenvalue weighted by Gasteiger charge is -2.14. The van der Waals surface area contributed by atoms with Crippen molar-refractivity contribution in [2.75, 3.05) is 18.5 Å². The van der Waals surface area contributed by atoms with Crippen molar-refractivity contribution in [1.82, 2.24) is 0 Å². The second-order valence-electron chi connectivity index (χ2n) is 3.67. The molecule has 0 unspecified atom stereocenters. The van der Waals surface area contributed by atoms with Gasteiger partial charge < -0.3 is 10.1 Å². The van der Waals surface area contributed by atoms with E-state index in [1.54, 1.807) is 0 Å². The number of rotatable bonds is 2. The van der Waals surface area contributed by atoms with Crippen LogP contribution in [0.2, 0.25) is 0 Å². The van der Waals surface area contributed by atoms with Crippen molar-refractivity contribution in [3.05, 3.63) is 29.8 Å². The topological polar surface area (TPSA) is 21.3 Å². The first-order chi connectivity index (χ1) is 6.75. The molecular formula is C11H14FNO. The van der Waals surface area contributed by atoms with Crippen LogP contribution in [0.5, 0.6) is 0 Å². The lowest BCUT2D eigenvalue weighted by molar-refractivity contribution is 0.173. The number of nitrogens with one attached hydrogen (secondary N) is 1. The van der Waals surface area contributed by atoms with Crippen LogP contribution < -0.4 is 5.32 Å². The molecule has 3 heteroatoms. The molecular weight excluding hydrogens is 181 g/mol. The summed E-state index contributed by atoms with van der Waals surface area (Å²) in [6, 6.07) is 7.73. The lowest BCUT2D eigenvalue weighted by Crippen LogP contribution is -2.28. The molecule has 1 saturated heterocycles. The molecule has 14 heavy (non-hydrogen) atoms. The Bertz CT molecular complexity index is 299. The zero-order valence-corrected chi connectivity index (χ0v) is 8.16. The molecule has 1 aliphatic heterocycles. The first-order valence-electron chi connectivity index (χ1n) is 4.81. The molecule has 0 amide bonds. The first-order valence-corrected chi connectivity index (χ1v) is 4.81. The van der Waals surface area contributed by atoms with E-state index in [0.717, 1.165) is 5.69 Å². The number of hydrogen-bond acceptors (Lipinski definition) is 2. The standard InChI is InChI=1S/C11H14FNO/c1-8-2-4-9(5-3-8)13-11-7-14-6-10(11)12/h2-5,10-11,13H,6-7H2,1H3/t10-,11-/m1/s1. The summed E-state index contributed by atoms with van der Waals surface area (Å²) in [4.78, 5) is 0. The van der Waals surface area contributed by atoms with Gasteiger partial charge in [0.1, 0.15) is 6.17 Å². The minimum absolute atomic E-state index is 0.197. The van der Waals surface area contributed by atoms with Gasteiger partial charge in [0.25, 0.3) is 0 Å². The highest BCUT2D eigenvalue weighted by Crippen LogP contribution is 2.16. The number of ether oxygens (including phenoxy) is 1. The van der Waals surface area contributed by atoms with Gasteiger partial charge in [-0.1, -0.05) is 17.7 Å². The number of aryl methyl sites for hydroxylation is 1. The summed E-state index contributed by atoms with van der Waals surface area (Å²) in [5.41, 5.74) is 2.16. The van der Waals surface area contributed by atoms with Crippen LogP contribution in [0, 0.1) is 6.92 Å². The highest BCUT2D eigenvalue weighted by molar-refractivity contribution is 5.45. The zero-order chi connectivity index (χ0) is 9.97. The predicted octanol–water partition coefficient (Wildman–Crippen LogP) is 2.14. The minimum Gasteiger partial charge on any atom is -0.377 e. The van der Waals surface area contributed by atoms with Gasteiger partial charge in [0.15, 0.2) is 0 Å². The van der Waals surface area contributed by atoms with Crippen molar-refractivity contribution in [3.63, 3.8) is 0 Å². The molecule has 0 saturated carbocycles. The van der Waals surface area contributed by atoms with Gasteiger partial charge in [-0.2, -0.15) is 0 Å². The molecule has 2 atom stereocenters. The fourth-order valence-electron chi connectivity index (χ4n) is 1.52. The third-order valence-electron chi connectivity index (χ3n) is 2.41. The van der Waals surface area contributed by atoms with Gasteiger partial charge in [0.05, 0.1) is 19.3 Å². The van der Waals surface area contributed by atoms with Crippen LogP contribution >= 0.6 is 0 Å².